The number of hydrogen-bond acceptors (Lipinski definition) is 2. The summed E-state index contributed by atoms with van der Waals surface area (Å²) in [4.78, 5) is 14.3. The average Bonchev–Trinajstić information content (AvgIpc) is 3.14. The van der Waals surface area contributed by atoms with Gasteiger partial charge in [0.2, 0.25) is 0 Å². The van der Waals surface area contributed by atoms with Crippen molar-refractivity contribution in [2.45, 2.75) is 38.6 Å². The summed E-state index contributed by atoms with van der Waals surface area (Å²) < 4.78 is 0. The summed E-state index contributed by atoms with van der Waals surface area (Å²) in [5, 5.41) is 0. The van der Waals surface area contributed by atoms with Gasteiger partial charge in [0, 0.05) is 12.1 Å². The first-order chi connectivity index (χ1) is 8.33. The van der Waals surface area contributed by atoms with Crippen LogP contribution in [-0.4, -0.2) is 29.8 Å². The smallest absolute Gasteiger partial charge is 0.181 e. The minimum absolute atomic E-state index is 0.166. The molecule has 1 aliphatic heterocycles. The zero-order valence-corrected chi connectivity index (χ0v) is 10.6. The van der Waals surface area contributed by atoms with Crippen LogP contribution in [0, 0.1) is 0 Å². The maximum absolute atomic E-state index is 12.1. The van der Waals surface area contributed by atoms with Gasteiger partial charge in [-0.25, -0.2) is 0 Å². The van der Waals surface area contributed by atoms with E-state index in [2.05, 4.69) is 11.8 Å². The Bertz CT molecular complexity index is 360. The highest BCUT2D eigenvalue weighted by molar-refractivity contribution is 6.01. The van der Waals surface area contributed by atoms with E-state index < -0.39 is 0 Å². The fraction of sp³-hybridized carbons (Fsp3) is 0.533. The number of rotatable bonds is 7. The lowest BCUT2D eigenvalue weighted by molar-refractivity contribution is 0.0974. The molecule has 0 N–H and O–H groups in total. The first-order valence-corrected chi connectivity index (χ1v) is 6.66. The van der Waals surface area contributed by atoms with Crippen LogP contribution in [0.2, 0.25) is 0 Å². The second-order valence-electron chi connectivity index (χ2n) is 4.80. The van der Waals surface area contributed by atoms with Gasteiger partial charge in [-0.3, -0.25) is 9.69 Å². The van der Waals surface area contributed by atoms with Crippen molar-refractivity contribution in [3.05, 3.63) is 35.9 Å². The summed E-state index contributed by atoms with van der Waals surface area (Å²) in [5.41, 5.74) is 0.855. The van der Waals surface area contributed by atoms with Crippen LogP contribution in [0.4, 0.5) is 0 Å². The molecule has 1 saturated heterocycles. The van der Waals surface area contributed by atoms with E-state index in [1.54, 1.807) is 0 Å². The quantitative estimate of drug-likeness (QED) is 0.408. The molecule has 2 atom stereocenters. The standard InChI is InChI=1S/C15H21NO/c1-2-3-4-8-11-16-12-14(16)15(17)13-9-6-5-7-10-13/h5-7,9-10,14H,2-4,8,11-12H2,1H3. The van der Waals surface area contributed by atoms with Crippen molar-refractivity contribution < 1.29 is 4.79 Å². The van der Waals surface area contributed by atoms with Crippen molar-refractivity contribution in [2.75, 3.05) is 13.1 Å². The summed E-state index contributed by atoms with van der Waals surface area (Å²) >= 11 is 0. The number of carbonyl (C=O) groups excluding carboxylic acids is 1. The Hall–Kier alpha value is -1.15. The SMILES string of the molecule is CCCCCCN1CC1C(=O)c1ccccc1. The van der Waals surface area contributed by atoms with Crippen LogP contribution in [0.1, 0.15) is 43.0 Å². The third kappa shape index (κ3) is 3.40. The number of carbonyl (C=O) groups is 1. The molecule has 1 fully saturated rings. The van der Waals surface area contributed by atoms with E-state index in [0.717, 1.165) is 18.7 Å². The van der Waals surface area contributed by atoms with Gasteiger partial charge in [-0.05, 0) is 13.0 Å². The lowest BCUT2D eigenvalue weighted by Gasteiger charge is -2.03. The molecule has 0 aliphatic carbocycles. The van der Waals surface area contributed by atoms with Crippen molar-refractivity contribution in [3.63, 3.8) is 0 Å². The van der Waals surface area contributed by atoms with Crippen LogP contribution in [0.3, 0.4) is 0 Å². The molecule has 1 aromatic rings. The van der Waals surface area contributed by atoms with Gasteiger partial charge in [-0.2, -0.15) is 0 Å². The van der Waals surface area contributed by atoms with Crippen molar-refractivity contribution in [1.82, 2.24) is 4.90 Å². The lowest BCUT2D eigenvalue weighted by atomic mass is 10.1. The van der Waals surface area contributed by atoms with Gasteiger partial charge in [-0.1, -0.05) is 56.5 Å². The van der Waals surface area contributed by atoms with E-state index >= 15 is 0 Å². The summed E-state index contributed by atoms with van der Waals surface area (Å²) in [6.45, 7) is 4.27. The van der Waals surface area contributed by atoms with Crippen molar-refractivity contribution in [3.8, 4) is 0 Å². The summed E-state index contributed by atoms with van der Waals surface area (Å²) in [6.07, 6.45) is 5.10. The van der Waals surface area contributed by atoms with E-state index in [4.69, 9.17) is 0 Å². The molecule has 1 heterocycles. The average molecular weight is 231 g/mol. The van der Waals surface area contributed by atoms with Crippen molar-refractivity contribution >= 4 is 5.78 Å². The third-order valence-electron chi connectivity index (χ3n) is 3.37. The Morgan fingerprint density at radius 1 is 1.24 bits per heavy atom. The van der Waals surface area contributed by atoms with Crippen LogP contribution in [0.5, 0.6) is 0 Å². The van der Waals surface area contributed by atoms with E-state index in [1.165, 1.54) is 25.7 Å². The first kappa shape index (κ1) is 12.3. The van der Waals surface area contributed by atoms with Gasteiger partial charge in [0.15, 0.2) is 5.78 Å². The van der Waals surface area contributed by atoms with E-state index in [1.807, 2.05) is 30.3 Å². The Kier molecular flexibility index (Phi) is 4.32. The van der Waals surface area contributed by atoms with Crippen LogP contribution in [0.25, 0.3) is 0 Å². The number of Topliss-reactive ketones (excluding diaryl/α,β-unsaturated/α-hetero) is 1. The first-order valence-electron chi connectivity index (χ1n) is 6.66. The molecule has 1 aromatic carbocycles. The van der Waals surface area contributed by atoms with E-state index in [9.17, 15) is 4.79 Å². The lowest BCUT2D eigenvalue weighted by Crippen LogP contribution is -2.14. The fourth-order valence-electron chi connectivity index (χ4n) is 2.21. The highest BCUT2D eigenvalue weighted by atomic mass is 16.1. The highest BCUT2D eigenvalue weighted by Crippen LogP contribution is 2.22. The van der Waals surface area contributed by atoms with Crippen LogP contribution in [-0.2, 0) is 0 Å². The van der Waals surface area contributed by atoms with Crippen LogP contribution >= 0.6 is 0 Å². The molecule has 2 unspecified atom stereocenters. The highest BCUT2D eigenvalue weighted by Gasteiger charge is 2.39. The van der Waals surface area contributed by atoms with E-state index in [0.29, 0.717) is 5.78 Å². The monoisotopic (exact) mass is 231 g/mol. The molecule has 17 heavy (non-hydrogen) atoms. The summed E-state index contributed by atoms with van der Waals surface area (Å²) in [6, 6.07) is 9.81. The fourth-order valence-corrected chi connectivity index (χ4v) is 2.21. The number of hydrogen-bond donors (Lipinski definition) is 0. The van der Waals surface area contributed by atoms with Gasteiger partial charge in [0.25, 0.3) is 0 Å². The molecule has 0 spiro atoms. The normalized spacial score (nSPS) is 22.4. The van der Waals surface area contributed by atoms with Gasteiger partial charge in [-0.15, -0.1) is 0 Å². The van der Waals surface area contributed by atoms with Gasteiger partial charge in [0.1, 0.15) is 0 Å². The third-order valence-corrected chi connectivity index (χ3v) is 3.37. The minimum Gasteiger partial charge on any atom is -0.292 e. The second-order valence-corrected chi connectivity index (χ2v) is 4.80. The molecule has 0 radical (unpaired) electrons. The molecule has 1 aliphatic rings. The van der Waals surface area contributed by atoms with Gasteiger partial charge < -0.3 is 0 Å². The van der Waals surface area contributed by atoms with Crippen molar-refractivity contribution in [2.24, 2.45) is 0 Å². The molecular weight excluding hydrogens is 210 g/mol. The van der Waals surface area contributed by atoms with Crippen LogP contribution in [0.15, 0.2) is 30.3 Å². The second kappa shape index (κ2) is 5.97. The maximum atomic E-state index is 12.1. The number of nitrogens with zero attached hydrogens (tertiary/aromatic N) is 1. The van der Waals surface area contributed by atoms with Gasteiger partial charge in [0.05, 0.1) is 6.04 Å². The van der Waals surface area contributed by atoms with Gasteiger partial charge >= 0.3 is 0 Å². The Morgan fingerprint density at radius 3 is 2.71 bits per heavy atom. The predicted octanol–water partition coefficient (Wildman–Crippen LogP) is 3.13. The number of benzene rings is 1. The summed E-state index contributed by atoms with van der Waals surface area (Å²) in [7, 11) is 0. The molecule has 0 saturated carbocycles. The molecular formula is C15H21NO. The summed E-state index contributed by atoms with van der Waals surface area (Å²) in [5.74, 6) is 0.293. The maximum Gasteiger partial charge on any atom is 0.181 e. The molecule has 0 amide bonds. The zero-order valence-electron chi connectivity index (χ0n) is 10.6. The number of unbranched alkanes of at least 4 members (excludes halogenated alkanes) is 3. The van der Waals surface area contributed by atoms with Crippen LogP contribution < -0.4 is 0 Å². The molecule has 0 bridgehead atoms. The zero-order chi connectivity index (χ0) is 12.1. The topological polar surface area (TPSA) is 20.1 Å². The molecule has 2 heteroatoms. The molecule has 92 valence electrons. The molecule has 0 aromatic heterocycles. The predicted molar refractivity (Wildman–Crippen MR) is 70.3 cm³/mol. The molecule has 2 rings (SSSR count). The largest absolute Gasteiger partial charge is 0.292 e. The molecule has 2 nitrogen and oxygen atoms in total. The minimum atomic E-state index is 0.166. The van der Waals surface area contributed by atoms with E-state index in [-0.39, 0.29) is 6.04 Å². The Labute approximate surface area is 104 Å². The van der Waals surface area contributed by atoms with Crippen molar-refractivity contribution in [1.29, 1.82) is 0 Å². The Morgan fingerprint density at radius 2 is 2.00 bits per heavy atom. The number of ketones is 1. The Balaban J connectivity index is 1.73.